The molecule has 264 valence electrons. The number of allylic oxidation sites excluding steroid dienone is 3. The summed E-state index contributed by atoms with van der Waals surface area (Å²) in [6.45, 7) is 3.81. The summed E-state index contributed by atoms with van der Waals surface area (Å²) in [5, 5.41) is 1.14. The van der Waals surface area contributed by atoms with E-state index >= 15 is 0 Å². The van der Waals surface area contributed by atoms with E-state index in [0.29, 0.717) is 5.92 Å². The van der Waals surface area contributed by atoms with Gasteiger partial charge in [-0.25, -0.2) is 9.97 Å². The zero-order chi connectivity index (χ0) is 35.0. The van der Waals surface area contributed by atoms with Gasteiger partial charge in [0.05, 0.1) is 34.5 Å². The maximum atomic E-state index is 7.14. The first-order chi connectivity index (χ1) is 26.2. The van der Waals surface area contributed by atoms with Crippen molar-refractivity contribution in [1.29, 1.82) is 0 Å². The number of hydrogen-bond acceptors (Lipinski definition) is 7. The second-order valence-corrected chi connectivity index (χ2v) is 15.7. The van der Waals surface area contributed by atoms with E-state index in [2.05, 4.69) is 142 Å². The van der Waals surface area contributed by atoms with Gasteiger partial charge in [0.2, 0.25) is 0 Å². The molecule has 4 unspecified atom stereocenters. The van der Waals surface area contributed by atoms with E-state index < -0.39 is 11.1 Å². The molecule has 0 amide bonds. The predicted octanol–water partition coefficient (Wildman–Crippen LogP) is 8.20. The van der Waals surface area contributed by atoms with Gasteiger partial charge in [-0.2, -0.15) is 0 Å². The quantitative estimate of drug-likeness (QED) is 0.184. The third-order valence-corrected chi connectivity index (χ3v) is 13.2. The molecule has 7 aliphatic rings. The lowest BCUT2D eigenvalue weighted by molar-refractivity contribution is -0.0677. The fourth-order valence-electron chi connectivity index (χ4n) is 11.0. The monoisotopic (exact) mass is 696 g/mol. The average Bonchev–Trinajstić information content (AvgIpc) is 3.78. The molecule has 0 saturated carbocycles. The normalized spacial score (nSPS) is 30.3. The van der Waals surface area contributed by atoms with E-state index in [1.54, 1.807) is 0 Å². The molecular formula is C46H44N6O. The molecule has 12 rings (SSSR count). The largest absolute Gasteiger partial charge is 0.375 e. The Labute approximate surface area is 311 Å². The minimum Gasteiger partial charge on any atom is -0.375 e. The minimum absolute atomic E-state index is 0.0579. The fraction of sp³-hybridized carbons (Fsp3) is 0.326. The van der Waals surface area contributed by atoms with E-state index in [1.165, 1.54) is 35.2 Å². The lowest BCUT2D eigenvalue weighted by atomic mass is 9.60. The van der Waals surface area contributed by atoms with Gasteiger partial charge in [-0.1, -0.05) is 78.9 Å². The number of pyridine rings is 1. The van der Waals surface area contributed by atoms with Crippen LogP contribution >= 0.6 is 0 Å². The second kappa shape index (κ2) is 12.2. The average molecular weight is 697 g/mol. The van der Waals surface area contributed by atoms with Gasteiger partial charge < -0.3 is 14.5 Å². The van der Waals surface area contributed by atoms with Gasteiger partial charge >= 0.3 is 0 Å². The van der Waals surface area contributed by atoms with Crippen molar-refractivity contribution < 1.29 is 4.74 Å². The Hall–Kier alpha value is -5.11. The smallest absolute Gasteiger partial charge is 0.149 e. The fourth-order valence-corrected chi connectivity index (χ4v) is 11.0. The van der Waals surface area contributed by atoms with E-state index in [1.807, 2.05) is 0 Å². The summed E-state index contributed by atoms with van der Waals surface area (Å²) in [7, 11) is 0. The number of rotatable bonds is 5. The molecule has 7 aliphatic heterocycles. The predicted molar refractivity (Wildman–Crippen MR) is 210 cm³/mol. The first-order valence-corrected chi connectivity index (χ1v) is 19.6. The molecular weight excluding hydrogens is 653 g/mol. The second-order valence-electron chi connectivity index (χ2n) is 15.7. The van der Waals surface area contributed by atoms with Crippen molar-refractivity contribution in [3.8, 4) is 0 Å². The Bertz CT molecular complexity index is 2370. The highest BCUT2D eigenvalue weighted by Gasteiger charge is 2.66. The molecule has 5 aromatic rings. The van der Waals surface area contributed by atoms with Crippen LogP contribution in [0.25, 0.3) is 21.9 Å². The minimum atomic E-state index is -0.778. The summed E-state index contributed by atoms with van der Waals surface area (Å²) in [6.07, 6.45) is 22.0. The van der Waals surface area contributed by atoms with Gasteiger partial charge in [0, 0.05) is 48.5 Å². The lowest BCUT2D eigenvalue weighted by Gasteiger charge is -2.66. The van der Waals surface area contributed by atoms with Crippen molar-refractivity contribution in [2.45, 2.75) is 61.7 Å². The number of anilines is 1. The third kappa shape index (κ3) is 4.63. The molecule has 7 heteroatoms. The molecule has 0 spiro atoms. The molecule has 4 saturated heterocycles. The van der Waals surface area contributed by atoms with Crippen LogP contribution in [-0.2, 0) is 22.2 Å². The molecule has 2 bridgehead atoms. The summed E-state index contributed by atoms with van der Waals surface area (Å²) in [4.78, 5) is 24.5. The summed E-state index contributed by atoms with van der Waals surface area (Å²) in [5.41, 5.74) is 7.62. The molecule has 7 nitrogen and oxygen atoms in total. The number of aromatic nitrogens is 3. The maximum Gasteiger partial charge on any atom is 0.149 e. The van der Waals surface area contributed by atoms with Gasteiger partial charge in [-0.05, 0) is 98.7 Å². The zero-order valence-electron chi connectivity index (χ0n) is 30.0. The standard InChI is InChI=1S/C46H44N6O/c1-3-13-35-34(12-1)30-45(36-14-9-25-50-24-8-7-18-40(36)50,41-21-20-33-11-2-4-15-37(33)48-41)52(44-31-47-38-16-5-6-17-39(38)49-44)46(35,43-19-10-28-53-43)42-29-32-22-26-51(42)27-23-32/h1-9,11-18,20-21,24,31-32,42-43H,10,19,22-23,25-30H2. The van der Waals surface area contributed by atoms with Crippen molar-refractivity contribution in [1.82, 2.24) is 24.8 Å². The SMILES string of the molecule is C1=CC2=C(C3(c4ccc5ccccc5n4)Cc4ccccc4C(C4CCCO4)(C4CC5CCN4CC5)N3c3cnc4ccccc4n3)C=CCN2C=C1. The first-order valence-electron chi connectivity index (χ1n) is 19.6. The summed E-state index contributed by atoms with van der Waals surface area (Å²) in [6, 6.07) is 30.9. The molecule has 2 aromatic heterocycles. The molecule has 53 heavy (non-hydrogen) atoms. The van der Waals surface area contributed by atoms with Crippen LogP contribution in [0.4, 0.5) is 5.82 Å². The van der Waals surface area contributed by atoms with E-state index in [0.717, 1.165) is 85.4 Å². The number of nitrogens with zero attached hydrogens (tertiary/aromatic N) is 6. The first kappa shape index (κ1) is 31.4. The third-order valence-electron chi connectivity index (χ3n) is 13.2. The van der Waals surface area contributed by atoms with Gasteiger partial charge in [0.1, 0.15) is 16.9 Å². The lowest BCUT2D eigenvalue weighted by Crippen LogP contribution is -2.75. The van der Waals surface area contributed by atoms with Crippen LogP contribution in [0.15, 0.2) is 139 Å². The van der Waals surface area contributed by atoms with Crippen LogP contribution in [0.2, 0.25) is 0 Å². The van der Waals surface area contributed by atoms with Crippen molar-refractivity contribution in [3.63, 3.8) is 0 Å². The number of hydrogen-bond donors (Lipinski definition) is 0. The summed E-state index contributed by atoms with van der Waals surface area (Å²) >= 11 is 0. The highest BCUT2D eigenvalue weighted by Crippen LogP contribution is 2.60. The highest BCUT2D eigenvalue weighted by molar-refractivity contribution is 5.80. The zero-order valence-corrected chi connectivity index (χ0v) is 30.0. The number of para-hydroxylation sites is 3. The Morgan fingerprint density at radius 3 is 2.45 bits per heavy atom. The molecule has 9 heterocycles. The van der Waals surface area contributed by atoms with Gasteiger partial charge in [0.25, 0.3) is 0 Å². The molecule has 0 radical (unpaired) electrons. The summed E-state index contributed by atoms with van der Waals surface area (Å²) in [5.74, 6) is 1.56. The number of piperidine rings is 3. The number of fused-ring (bicyclic) bond motifs is 7. The number of benzene rings is 3. The molecule has 3 aromatic carbocycles. The topological polar surface area (TPSA) is 57.6 Å². The van der Waals surface area contributed by atoms with Gasteiger partial charge in [0.15, 0.2) is 0 Å². The Morgan fingerprint density at radius 1 is 0.774 bits per heavy atom. The highest BCUT2D eigenvalue weighted by atomic mass is 16.5. The molecule has 4 atom stereocenters. The van der Waals surface area contributed by atoms with Crippen molar-refractivity contribution in [3.05, 3.63) is 156 Å². The molecule has 0 N–H and O–H groups in total. The van der Waals surface area contributed by atoms with Crippen LogP contribution in [0.3, 0.4) is 0 Å². The molecule has 4 fully saturated rings. The van der Waals surface area contributed by atoms with Crippen molar-refractivity contribution >= 4 is 27.8 Å². The van der Waals surface area contributed by atoms with Crippen LogP contribution in [0, 0.1) is 5.92 Å². The van der Waals surface area contributed by atoms with Gasteiger partial charge in [-0.15, -0.1) is 0 Å². The van der Waals surface area contributed by atoms with Crippen molar-refractivity contribution in [2.24, 2.45) is 5.92 Å². The Morgan fingerprint density at radius 2 is 1.60 bits per heavy atom. The maximum absolute atomic E-state index is 7.14. The Kier molecular flexibility index (Phi) is 7.24. The number of ether oxygens (including phenoxy) is 1. The van der Waals surface area contributed by atoms with Gasteiger partial charge in [-0.3, -0.25) is 9.88 Å². The van der Waals surface area contributed by atoms with Crippen LogP contribution in [0.5, 0.6) is 0 Å². The van der Waals surface area contributed by atoms with Crippen LogP contribution < -0.4 is 4.90 Å². The van der Waals surface area contributed by atoms with E-state index in [9.17, 15) is 0 Å². The van der Waals surface area contributed by atoms with Crippen LogP contribution in [0.1, 0.15) is 48.9 Å². The molecule has 0 aliphatic carbocycles. The van der Waals surface area contributed by atoms with E-state index in [-0.39, 0.29) is 12.1 Å². The van der Waals surface area contributed by atoms with E-state index in [4.69, 9.17) is 19.7 Å². The Balaban J connectivity index is 1.32. The van der Waals surface area contributed by atoms with Crippen LogP contribution in [-0.4, -0.2) is 63.1 Å². The summed E-state index contributed by atoms with van der Waals surface area (Å²) < 4.78 is 7.14. The van der Waals surface area contributed by atoms with Crippen molar-refractivity contribution in [2.75, 3.05) is 31.1 Å².